The van der Waals surface area contributed by atoms with Gasteiger partial charge >= 0.3 is 0 Å². The number of carbonyl (C=O) groups is 3. The summed E-state index contributed by atoms with van der Waals surface area (Å²) in [5.41, 5.74) is 1.19. The first kappa shape index (κ1) is 19.7. The highest BCUT2D eigenvalue weighted by molar-refractivity contribution is 6.43. The Morgan fingerprint density at radius 1 is 1.18 bits per heavy atom. The number of Topliss-reactive ketones (excluding diaryl/α,β-unsaturated/α-hetero) is 1. The average molecular weight is 379 g/mol. The quantitative estimate of drug-likeness (QED) is 0.564. The van der Waals surface area contributed by atoms with Crippen LogP contribution in [-0.4, -0.2) is 40.1 Å². The van der Waals surface area contributed by atoms with Gasteiger partial charge in [0.2, 0.25) is 5.78 Å². The van der Waals surface area contributed by atoms with Crippen molar-refractivity contribution in [2.75, 3.05) is 6.54 Å². The van der Waals surface area contributed by atoms with Crippen molar-refractivity contribution in [1.82, 2.24) is 9.88 Å². The molecule has 28 heavy (non-hydrogen) atoms. The SMILES string of the molecule is CCC(c1cccnc1)C1CCCN(C(=O)C(=O)c2ccccc2)C1C(=O)[O-]. The van der Waals surface area contributed by atoms with Crippen molar-refractivity contribution in [2.45, 2.75) is 38.1 Å². The Kier molecular flexibility index (Phi) is 6.19. The highest BCUT2D eigenvalue weighted by atomic mass is 16.4. The predicted octanol–water partition coefficient (Wildman–Crippen LogP) is 1.82. The molecule has 6 heteroatoms. The van der Waals surface area contributed by atoms with Crippen LogP contribution in [0.2, 0.25) is 0 Å². The minimum Gasteiger partial charge on any atom is -0.548 e. The molecule has 1 aliphatic rings. The number of carboxylic acids is 1. The van der Waals surface area contributed by atoms with Crippen LogP contribution in [0.4, 0.5) is 0 Å². The molecule has 146 valence electrons. The number of piperidine rings is 1. The van der Waals surface area contributed by atoms with Gasteiger partial charge in [0.25, 0.3) is 5.91 Å². The lowest BCUT2D eigenvalue weighted by molar-refractivity contribution is -0.314. The van der Waals surface area contributed by atoms with Gasteiger partial charge in [-0.2, -0.15) is 0 Å². The van der Waals surface area contributed by atoms with E-state index in [9.17, 15) is 19.5 Å². The number of pyridine rings is 1. The summed E-state index contributed by atoms with van der Waals surface area (Å²) in [6, 6.07) is 10.8. The minimum atomic E-state index is -1.32. The lowest BCUT2D eigenvalue weighted by atomic mass is 9.75. The van der Waals surface area contributed by atoms with Gasteiger partial charge in [0.05, 0.1) is 12.0 Å². The third kappa shape index (κ3) is 3.96. The van der Waals surface area contributed by atoms with Crippen LogP contribution in [0.1, 0.15) is 48.0 Å². The van der Waals surface area contributed by atoms with Crippen molar-refractivity contribution < 1.29 is 19.5 Å². The number of nitrogens with zero attached hydrogens (tertiary/aromatic N) is 2. The molecule has 1 amide bonds. The van der Waals surface area contributed by atoms with Gasteiger partial charge in [0.1, 0.15) is 0 Å². The molecule has 3 atom stereocenters. The number of amides is 1. The molecule has 0 bridgehead atoms. The summed E-state index contributed by atoms with van der Waals surface area (Å²) in [7, 11) is 0. The van der Waals surface area contributed by atoms with Gasteiger partial charge in [0.15, 0.2) is 0 Å². The van der Waals surface area contributed by atoms with Gasteiger partial charge in [0, 0.05) is 24.5 Å². The van der Waals surface area contributed by atoms with Crippen LogP contribution in [-0.2, 0) is 9.59 Å². The van der Waals surface area contributed by atoms with E-state index in [2.05, 4.69) is 4.98 Å². The number of likely N-dealkylation sites (tertiary alicyclic amines) is 1. The Bertz CT molecular complexity index is 838. The first-order valence-corrected chi connectivity index (χ1v) is 9.55. The Morgan fingerprint density at radius 3 is 2.54 bits per heavy atom. The molecule has 1 fully saturated rings. The molecular weight excluding hydrogens is 356 g/mol. The van der Waals surface area contributed by atoms with Crippen LogP contribution in [0, 0.1) is 5.92 Å². The Morgan fingerprint density at radius 2 is 1.93 bits per heavy atom. The number of aromatic nitrogens is 1. The van der Waals surface area contributed by atoms with Crippen LogP contribution in [0.5, 0.6) is 0 Å². The van der Waals surface area contributed by atoms with Crippen molar-refractivity contribution in [1.29, 1.82) is 0 Å². The molecule has 0 radical (unpaired) electrons. The van der Waals surface area contributed by atoms with Gasteiger partial charge < -0.3 is 14.8 Å². The summed E-state index contributed by atoms with van der Waals surface area (Å²) in [4.78, 5) is 42.9. The average Bonchev–Trinajstić information content (AvgIpc) is 2.74. The van der Waals surface area contributed by atoms with Crippen LogP contribution >= 0.6 is 0 Å². The van der Waals surface area contributed by atoms with E-state index >= 15 is 0 Å². The van der Waals surface area contributed by atoms with E-state index < -0.39 is 23.7 Å². The number of benzene rings is 1. The summed E-state index contributed by atoms with van der Waals surface area (Å²) >= 11 is 0. The number of hydrogen-bond acceptors (Lipinski definition) is 5. The van der Waals surface area contributed by atoms with Gasteiger partial charge in [-0.1, -0.05) is 43.3 Å². The van der Waals surface area contributed by atoms with Crippen molar-refractivity contribution >= 4 is 17.7 Å². The second-order valence-electron chi connectivity index (χ2n) is 7.06. The second kappa shape index (κ2) is 8.78. The number of carbonyl (C=O) groups excluding carboxylic acids is 3. The molecule has 3 rings (SSSR count). The molecule has 1 saturated heterocycles. The Balaban J connectivity index is 1.91. The molecule has 6 nitrogen and oxygen atoms in total. The highest BCUT2D eigenvalue weighted by Gasteiger charge is 2.41. The maximum atomic E-state index is 12.9. The van der Waals surface area contributed by atoms with Crippen molar-refractivity contribution in [3.8, 4) is 0 Å². The monoisotopic (exact) mass is 379 g/mol. The molecule has 2 heterocycles. The number of carboxylic acid groups (broad SMARTS) is 1. The maximum Gasteiger partial charge on any atom is 0.295 e. The first-order valence-electron chi connectivity index (χ1n) is 9.55. The third-order valence-electron chi connectivity index (χ3n) is 5.48. The smallest absolute Gasteiger partial charge is 0.295 e. The summed E-state index contributed by atoms with van der Waals surface area (Å²) in [6.45, 7) is 2.22. The Labute approximate surface area is 164 Å². The third-order valence-corrected chi connectivity index (χ3v) is 5.48. The summed E-state index contributed by atoms with van der Waals surface area (Å²) < 4.78 is 0. The van der Waals surface area contributed by atoms with E-state index in [4.69, 9.17) is 0 Å². The van der Waals surface area contributed by atoms with Crippen LogP contribution in [0.25, 0.3) is 0 Å². The van der Waals surface area contributed by atoms with Crippen LogP contribution in [0.15, 0.2) is 54.9 Å². The fourth-order valence-electron chi connectivity index (χ4n) is 4.20. The minimum absolute atomic E-state index is 0.0842. The fraction of sp³-hybridized carbons (Fsp3) is 0.364. The molecule has 1 aromatic heterocycles. The molecule has 0 aliphatic carbocycles. The molecule has 0 spiro atoms. The molecular formula is C22H23N2O4-. The van der Waals surface area contributed by atoms with Crippen LogP contribution in [0.3, 0.4) is 0 Å². The summed E-state index contributed by atoms with van der Waals surface area (Å²) in [5.74, 6) is -3.21. The molecule has 3 unspecified atom stereocenters. The first-order chi connectivity index (χ1) is 13.5. The van der Waals surface area contributed by atoms with E-state index in [1.807, 2.05) is 19.1 Å². The fourth-order valence-corrected chi connectivity index (χ4v) is 4.20. The highest BCUT2D eigenvalue weighted by Crippen LogP contribution is 2.38. The zero-order valence-electron chi connectivity index (χ0n) is 15.8. The van der Waals surface area contributed by atoms with Crippen molar-refractivity contribution in [3.63, 3.8) is 0 Å². The number of aliphatic carboxylic acids is 1. The largest absolute Gasteiger partial charge is 0.548 e. The lowest BCUT2D eigenvalue weighted by Gasteiger charge is -2.44. The molecule has 2 aromatic rings. The van der Waals surface area contributed by atoms with Gasteiger partial charge in [-0.3, -0.25) is 14.6 Å². The topological polar surface area (TPSA) is 90.4 Å². The zero-order valence-corrected chi connectivity index (χ0v) is 15.8. The molecule has 0 saturated carbocycles. The van der Waals surface area contributed by atoms with E-state index in [1.54, 1.807) is 42.7 Å². The van der Waals surface area contributed by atoms with E-state index in [1.165, 1.54) is 4.90 Å². The normalized spacial score (nSPS) is 20.4. The second-order valence-corrected chi connectivity index (χ2v) is 7.06. The predicted molar refractivity (Wildman–Crippen MR) is 101 cm³/mol. The standard InChI is InChI=1S/C22H24N2O4/c1-2-17(16-10-6-12-23-14-16)18-11-7-13-24(19(18)22(27)28)21(26)20(25)15-8-4-3-5-9-15/h3-6,8-10,12,14,17-19H,2,7,11,13H2,1H3,(H,27,28)/p-1. The number of ketones is 1. The van der Waals surface area contributed by atoms with E-state index in [0.717, 1.165) is 5.56 Å². The van der Waals surface area contributed by atoms with E-state index in [0.29, 0.717) is 19.3 Å². The summed E-state index contributed by atoms with van der Waals surface area (Å²) in [5, 5.41) is 12.1. The Hall–Kier alpha value is -3.02. The van der Waals surface area contributed by atoms with Crippen molar-refractivity contribution in [3.05, 3.63) is 66.0 Å². The van der Waals surface area contributed by atoms with Crippen LogP contribution < -0.4 is 5.11 Å². The van der Waals surface area contributed by atoms with Crippen molar-refractivity contribution in [2.24, 2.45) is 5.92 Å². The maximum absolute atomic E-state index is 12.9. The molecule has 1 aliphatic heterocycles. The van der Waals surface area contributed by atoms with Gasteiger partial charge in [-0.15, -0.1) is 0 Å². The molecule has 1 aromatic carbocycles. The zero-order chi connectivity index (χ0) is 20.1. The lowest BCUT2D eigenvalue weighted by Crippen LogP contribution is -2.59. The number of rotatable bonds is 6. The molecule has 0 N–H and O–H groups in total. The summed E-state index contributed by atoms with van der Waals surface area (Å²) in [6.07, 6.45) is 5.39. The van der Waals surface area contributed by atoms with E-state index in [-0.39, 0.29) is 23.9 Å². The van der Waals surface area contributed by atoms with Gasteiger partial charge in [-0.05, 0) is 42.7 Å². The van der Waals surface area contributed by atoms with Gasteiger partial charge in [-0.25, -0.2) is 0 Å². The number of hydrogen-bond donors (Lipinski definition) is 0.